The van der Waals surface area contributed by atoms with Gasteiger partial charge in [0, 0.05) is 33.3 Å². The number of hydrogen-bond acceptors (Lipinski definition) is 5. The number of carbonyl (C=O) groups is 1. The number of halogens is 1. The van der Waals surface area contributed by atoms with Crippen molar-refractivity contribution in [2.75, 3.05) is 27.9 Å². The van der Waals surface area contributed by atoms with E-state index < -0.39 is 0 Å². The smallest absolute Gasteiger partial charge is 0.251 e. The number of benzene rings is 3. The molecule has 0 saturated heterocycles. The lowest BCUT2D eigenvalue weighted by atomic mass is 10.1. The number of nitrogens with one attached hydrogen (secondary N) is 1. The highest BCUT2D eigenvalue weighted by atomic mass is 35.5. The predicted octanol–water partition coefficient (Wildman–Crippen LogP) is 5.63. The third-order valence-corrected chi connectivity index (χ3v) is 6.21. The van der Waals surface area contributed by atoms with E-state index in [1.807, 2.05) is 54.6 Å². The number of methoxy groups -OCH3 is 3. The number of amides is 1. The fourth-order valence-corrected chi connectivity index (χ4v) is 4.19. The third kappa shape index (κ3) is 6.34. The molecule has 3 rings (SSSR count). The van der Waals surface area contributed by atoms with Crippen molar-refractivity contribution in [3.63, 3.8) is 0 Å². The van der Waals surface area contributed by atoms with Crippen molar-refractivity contribution in [1.29, 1.82) is 0 Å². The molecule has 1 N–H and O–H groups in total. The summed E-state index contributed by atoms with van der Waals surface area (Å²) in [5.74, 6) is 2.67. The first-order chi connectivity index (χ1) is 15.5. The molecule has 3 aromatic carbocycles. The number of rotatable bonds is 10. The van der Waals surface area contributed by atoms with Gasteiger partial charge in [-0.15, -0.1) is 11.8 Å². The van der Waals surface area contributed by atoms with Crippen LogP contribution in [0.2, 0.25) is 5.02 Å². The van der Waals surface area contributed by atoms with E-state index in [4.69, 9.17) is 25.8 Å². The Morgan fingerprint density at radius 3 is 2.25 bits per heavy atom. The molecule has 0 radical (unpaired) electrons. The molecule has 0 aliphatic carbocycles. The van der Waals surface area contributed by atoms with E-state index in [-0.39, 0.29) is 5.91 Å². The second kappa shape index (κ2) is 11.7. The van der Waals surface area contributed by atoms with Crippen molar-refractivity contribution in [3.05, 3.63) is 82.4 Å². The highest BCUT2D eigenvalue weighted by Crippen LogP contribution is 2.30. The van der Waals surface area contributed by atoms with E-state index in [0.717, 1.165) is 21.8 Å². The molecule has 0 atom stereocenters. The van der Waals surface area contributed by atoms with E-state index in [1.165, 1.54) is 0 Å². The Labute approximate surface area is 198 Å². The topological polar surface area (TPSA) is 56.8 Å². The minimum atomic E-state index is -0.120. The zero-order valence-electron chi connectivity index (χ0n) is 18.3. The van der Waals surface area contributed by atoms with Crippen molar-refractivity contribution in [2.45, 2.75) is 17.1 Å². The van der Waals surface area contributed by atoms with Crippen LogP contribution in [-0.4, -0.2) is 33.8 Å². The molecule has 0 aliphatic heterocycles. The van der Waals surface area contributed by atoms with Crippen LogP contribution in [0.25, 0.3) is 0 Å². The van der Waals surface area contributed by atoms with Gasteiger partial charge in [-0.25, -0.2) is 0 Å². The average molecular weight is 472 g/mol. The van der Waals surface area contributed by atoms with Crippen LogP contribution in [0.3, 0.4) is 0 Å². The Bertz CT molecular complexity index is 1060. The van der Waals surface area contributed by atoms with Crippen LogP contribution < -0.4 is 19.5 Å². The average Bonchev–Trinajstić information content (AvgIpc) is 2.83. The van der Waals surface area contributed by atoms with Crippen LogP contribution in [-0.2, 0) is 12.2 Å². The molecular formula is C25H26ClNO4S. The SMILES string of the molecule is COc1ccc(C(=O)NCCc2ccc(OC)c(OC)c2)cc1CSc1ccc(Cl)cc1. The summed E-state index contributed by atoms with van der Waals surface area (Å²) in [5.41, 5.74) is 2.61. The molecule has 3 aromatic rings. The largest absolute Gasteiger partial charge is 0.496 e. The van der Waals surface area contributed by atoms with Crippen LogP contribution in [0.4, 0.5) is 0 Å². The maximum atomic E-state index is 12.7. The Kier molecular flexibility index (Phi) is 8.71. The van der Waals surface area contributed by atoms with Gasteiger partial charge in [0.15, 0.2) is 11.5 Å². The van der Waals surface area contributed by atoms with Crippen molar-refractivity contribution >= 4 is 29.3 Å². The summed E-state index contributed by atoms with van der Waals surface area (Å²) >= 11 is 7.62. The van der Waals surface area contributed by atoms with Gasteiger partial charge in [0.25, 0.3) is 5.91 Å². The first-order valence-electron chi connectivity index (χ1n) is 10.1. The van der Waals surface area contributed by atoms with Gasteiger partial charge in [-0.05, 0) is 66.6 Å². The summed E-state index contributed by atoms with van der Waals surface area (Å²) in [5, 5.41) is 3.69. The third-order valence-electron chi connectivity index (χ3n) is 4.90. The zero-order chi connectivity index (χ0) is 22.9. The van der Waals surface area contributed by atoms with Crippen molar-refractivity contribution in [2.24, 2.45) is 0 Å². The second-order valence-corrected chi connectivity index (χ2v) is 8.45. The minimum Gasteiger partial charge on any atom is -0.496 e. The molecule has 0 unspecified atom stereocenters. The standard InChI is InChI=1S/C25H26ClNO4S/c1-29-22-11-5-18(15-19(22)16-32-21-8-6-20(26)7-9-21)25(28)27-13-12-17-4-10-23(30-2)24(14-17)31-3/h4-11,14-15H,12-13,16H2,1-3H3,(H,27,28). The van der Waals surface area contributed by atoms with Crippen LogP contribution in [0.15, 0.2) is 65.6 Å². The van der Waals surface area contributed by atoms with Crippen LogP contribution in [0, 0.1) is 0 Å². The minimum absolute atomic E-state index is 0.120. The van der Waals surface area contributed by atoms with Gasteiger partial charge in [-0.3, -0.25) is 4.79 Å². The van der Waals surface area contributed by atoms with Crippen molar-refractivity contribution < 1.29 is 19.0 Å². The first-order valence-corrected chi connectivity index (χ1v) is 11.4. The number of thioether (sulfide) groups is 1. The lowest BCUT2D eigenvalue weighted by Gasteiger charge is -2.12. The van der Waals surface area contributed by atoms with Gasteiger partial charge in [-0.1, -0.05) is 17.7 Å². The molecule has 1 amide bonds. The molecule has 5 nitrogen and oxygen atoms in total. The fraction of sp³-hybridized carbons (Fsp3) is 0.240. The quantitative estimate of drug-likeness (QED) is 0.388. The first kappa shape index (κ1) is 23.8. The Hall–Kier alpha value is -2.83. The van der Waals surface area contributed by atoms with Gasteiger partial charge in [0.05, 0.1) is 21.3 Å². The Morgan fingerprint density at radius 2 is 1.56 bits per heavy atom. The highest BCUT2D eigenvalue weighted by Gasteiger charge is 2.11. The lowest BCUT2D eigenvalue weighted by molar-refractivity contribution is 0.0954. The van der Waals surface area contributed by atoms with E-state index >= 15 is 0 Å². The van der Waals surface area contributed by atoms with Gasteiger partial charge >= 0.3 is 0 Å². The van der Waals surface area contributed by atoms with E-state index in [9.17, 15) is 4.79 Å². The molecule has 0 fully saturated rings. The van der Waals surface area contributed by atoms with Gasteiger partial charge < -0.3 is 19.5 Å². The summed E-state index contributed by atoms with van der Waals surface area (Å²) in [6, 6.07) is 18.9. The zero-order valence-corrected chi connectivity index (χ0v) is 19.9. The fourth-order valence-electron chi connectivity index (χ4n) is 3.18. The molecule has 0 heterocycles. The van der Waals surface area contributed by atoms with E-state index in [2.05, 4.69) is 5.32 Å². The summed E-state index contributed by atoms with van der Waals surface area (Å²) in [6.07, 6.45) is 0.682. The molecule has 0 saturated carbocycles. The number of carbonyl (C=O) groups excluding carboxylic acids is 1. The Morgan fingerprint density at radius 1 is 0.875 bits per heavy atom. The maximum absolute atomic E-state index is 12.7. The molecule has 168 valence electrons. The van der Waals surface area contributed by atoms with Crippen LogP contribution in [0.1, 0.15) is 21.5 Å². The highest BCUT2D eigenvalue weighted by molar-refractivity contribution is 7.98. The van der Waals surface area contributed by atoms with Gasteiger partial charge in [0.2, 0.25) is 0 Å². The molecule has 0 bridgehead atoms. The summed E-state index contributed by atoms with van der Waals surface area (Å²) in [6.45, 7) is 0.509. The number of hydrogen-bond donors (Lipinski definition) is 1. The van der Waals surface area contributed by atoms with Gasteiger partial charge in [-0.2, -0.15) is 0 Å². The predicted molar refractivity (Wildman–Crippen MR) is 130 cm³/mol. The van der Waals surface area contributed by atoms with E-state index in [1.54, 1.807) is 39.2 Å². The molecule has 0 aliphatic rings. The summed E-state index contributed by atoms with van der Waals surface area (Å²) < 4.78 is 16.1. The second-order valence-electron chi connectivity index (χ2n) is 6.96. The van der Waals surface area contributed by atoms with Crippen molar-refractivity contribution in [1.82, 2.24) is 5.32 Å². The molecular weight excluding hydrogens is 446 g/mol. The van der Waals surface area contributed by atoms with E-state index in [0.29, 0.717) is 40.8 Å². The monoisotopic (exact) mass is 471 g/mol. The normalized spacial score (nSPS) is 10.5. The maximum Gasteiger partial charge on any atom is 0.251 e. The molecule has 7 heteroatoms. The summed E-state index contributed by atoms with van der Waals surface area (Å²) in [7, 11) is 4.85. The number of ether oxygens (including phenoxy) is 3. The molecule has 0 aromatic heterocycles. The summed E-state index contributed by atoms with van der Waals surface area (Å²) in [4.78, 5) is 13.8. The van der Waals surface area contributed by atoms with Gasteiger partial charge in [0.1, 0.15) is 5.75 Å². The molecule has 32 heavy (non-hydrogen) atoms. The van der Waals surface area contributed by atoms with Crippen LogP contribution >= 0.6 is 23.4 Å². The Balaban J connectivity index is 1.61. The molecule has 0 spiro atoms. The van der Waals surface area contributed by atoms with Crippen molar-refractivity contribution in [3.8, 4) is 17.2 Å². The van der Waals surface area contributed by atoms with Crippen LogP contribution in [0.5, 0.6) is 17.2 Å². The lowest BCUT2D eigenvalue weighted by Crippen LogP contribution is -2.25.